The predicted octanol–water partition coefficient (Wildman–Crippen LogP) is 0.318. The Morgan fingerprint density at radius 2 is 1.87 bits per heavy atom. The third-order valence-electron chi connectivity index (χ3n) is 6.80. The van der Waals surface area contributed by atoms with E-state index < -0.39 is 5.97 Å². The first-order valence-electron chi connectivity index (χ1n) is 11.2. The zero-order valence-electron chi connectivity index (χ0n) is 18.1. The Balaban J connectivity index is 1.39. The summed E-state index contributed by atoms with van der Waals surface area (Å²) in [5.41, 5.74) is 2.73. The normalized spacial score (nSPS) is 22.7. The molecule has 0 spiro atoms. The van der Waals surface area contributed by atoms with Crippen molar-refractivity contribution in [1.29, 1.82) is 0 Å². The number of fused-ring (bicyclic) bond motifs is 1. The number of esters is 1. The van der Waals surface area contributed by atoms with Crippen molar-refractivity contribution >= 4 is 28.5 Å². The van der Waals surface area contributed by atoms with Crippen molar-refractivity contribution in [3.8, 4) is 0 Å². The van der Waals surface area contributed by atoms with E-state index in [1.807, 2.05) is 25.1 Å². The van der Waals surface area contributed by atoms with Crippen molar-refractivity contribution in [1.82, 2.24) is 4.98 Å². The first-order chi connectivity index (χ1) is 14.5. The van der Waals surface area contributed by atoms with Crippen LogP contribution in [-0.4, -0.2) is 62.7 Å². The Kier molecular flexibility index (Phi) is 6.39. The number of hydrogen-bond acceptors (Lipinski definition) is 3. The van der Waals surface area contributed by atoms with Gasteiger partial charge in [0, 0.05) is 10.9 Å². The van der Waals surface area contributed by atoms with Crippen LogP contribution in [0.5, 0.6) is 0 Å². The van der Waals surface area contributed by atoms with Crippen LogP contribution < -0.4 is 15.1 Å². The molecule has 4 N–H and O–H groups in total. The summed E-state index contributed by atoms with van der Waals surface area (Å²) in [7, 11) is 1.35. The van der Waals surface area contributed by atoms with E-state index >= 15 is 0 Å². The number of benzene rings is 1. The lowest BCUT2D eigenvalue weighted by atomic mass is 9.94. The molecule has 2 fully saturated rings. The van der Waals surface area contributed by atoms with Gasteiger partial charge < -0.3 is 24.8 Å². The Bertz CT molecular complexity index is 909. The Morgan fingerprint density at radius 3 is 2.57 bits per heavy atom. The van der Waals surface area contributed by atoms with E-state index in [1.54, 1.807) is 4.90 Å². The second-order valence-corrected chi connectivity index (χ2v) is 8.88. The molecule has 1 saturated heterocycles. The first-order valence-corrected chi connectivity index (χ1v) is 11.2. The maximum Gasteiger partial charge on any atom is 0.356 e. The molecule has 1 saturated carbocycles. The highest BCUT2D eigenvalue weighted by Crippen LogP contribution is 2.29. The number of quaternary nitrogens is 2. The van der Waals surface area contributed by atoms with E-state index in [0.29, 0.717) is 17.9 Å². The number of carbonyl (C=O) groups excluding carboxylic acids is 2. The molecule has 2 aliphatic rings. The summed E-state index contributed by atoms with van der Waals surface area (Å²) >= 11 is 0. The van der Waals surface area contributed by atoms with Gasteiger partial charge in [0.1, 0.15) is 31.9 Å². The topological polar surface area (TPSA) is 80.1 Å². The number of rotatable bonds is 5. The number of carbonyl (C=O) groups is 2. The van der Waals surface area contributed by atoms with Crippen LogP contribution in [0.4, 0.5) is 5.69 Å². The molecular weight excluding hydrogens is 380 g/mol. The van der Waals surface area contributed by atoms with E-state index in [1.165, 1.54) is 44.1 Å². The molecule has 1 aliphatic carbocycles. The maximum absolute atomic E-state index is 12.8. The van der Waals surface area contributed by atoms with Crippen LogP contribution in [0.15, 0.2) is 18.2 Å². The third kappa shape index (κ3) is 4.52. The largest absolute Gasteiger partial charge is 0.464 e. The molecule has 7 nitrogen and oxygen atoms in total. The fourth-order valence-corrected chi connectivity index (χ4v) is 5.13. The number of ether oxygens (including phenoxy) is 1. The molecule has 0 bridgehead atoms. The molecule has 0 radical (unpaired) electrons. The van der Waals surface area contributed by atoms with E-state index in [0.717, 1.165) is 48.7 Å². The van der Waals surface area contributed by atoms with E-state index in [-0.39, 0.29) is 5.91 Å². The van der Waals surface area contributed by atoms with Gasteiger partial charge in [-0.1, -0.05) is 18.6 Å². The van der Waals surface area contributed by atoms with Crippen LogP contribution >= 0.6 is 0 Å². The summed E-state index contributed by atoms with van der Waals surface area (Å²) in [6, 6.07) is 6.70. The van der Waals surface area contributed by atoms with Crippen molar-refractivity contribution in [3.05, 3.63) is 29.5 Å². The molecule has 1 aromatic heterocycles. The van der Waals surface area contributed by atoms with Gasteiger partial charge in [-0.2, -0.15) is 0 Å². The Hall–Kier alpha value is -2.38. The van der Waals surface area contributed by atoms with Crippen molar-refractivity contribution in [2.75, 3.05) is 45.2 Å². The number of piperazine rings is 1. The number of H-pyrrole nitrogens is 1. The molecule has 0 atom stereocenters. The third-order valence-corrected chi connectivity index (χ3v) is 6.80. The highest BCUT2D eigenvalue weighted by Gasteiger charge is 2.31. The lowest BCUT2D eigenvalue weighted by Gasteiger charge is -2.36. The number of aromatic amines is 1. The minimum atomic E-state index is -0.476. The number of amides is 1. The lowest BCUT2D eigenvalue weighted by molar-refractivity contribution is -1.02. The van der Waals surface area contributed by atoms with Gasteiger partial charge in [-0.05, 0) is 44.2 Å². The summed E-state index contributed by atoms with van der Waals surface area (Å²) in [4.78, 5) is 31.2. The fourth-order valence-electron chi connectivity index (χ4n) is 5.13. The molecule has 162 valence electrons. The second kappa shape index (κ2) is 9.18. The molecule has 2 aromatic rings. The highest BCUT2D eigenvalue weighted by molar-refractivity contribution is 6.11. The zero-order valence-corrected chi connectivity index (χ0v) is 18.1. The van der Waals surface area contributed by atoms with Crippen molar-refractivity contribution in [3.63, 3.8) is 0 Å². The monoisotopic (exact) mass is 414 g/mol. The molecule has 1 aromatic carbocycles. The molecular formula is C23H34N4O3+2. The average molecular weight is 415 g/mol. The number of hydrogen-bond donors (Lipinski definition) is 4. The van der Waals surface area contributed by atoms with E-state index in [4.69, 9.17) is 4.74 Å². The molecule has 7 heteroatoms. The molecule has 4 rings (SSSR count). The second-order valence-electron chi connectivity index (χ2n) is 8.88. The van der Waals surface area contributed by atoms with Gasteiger partial charge in [0.15, 0.2) is 6.54 Å². The number of anilines is 1. The SMILES string of the molecule is COC(=O)c1[nH]c2cc(C)ccc2c1NC(=O)C[NH+]1CC[NH+](C2CCCCC2)CC1. The van der Waals surface area contributed by atoms with Gasteiger partial charge in [-0.15, -0.1) is 0 Å². The molecule has 2 heterocycles. The standard InChI is InChI=1S/C23H32N4O3/c1-16-8-9-18-19(14-16)24-22(23(29)30-2)21(18)25-20(28)15-26-10-12-27(13-11-26)17-6-4-3-5-7-17/h8-9,14,17,24H,3-7,10-13,15H2,1-2H3,(H,25,28)/p+2. The van der Waals surface area contributed by atoms with Crippen LogP contribution in [-0.2, 0) is 9.53 Å². The average Bonchev–Trinajstić information content (AvgIpc) is 3.11. The van der Waals surface area contributed by atoms with Gasteiger partial charge in [0.2, 0.25) is 0 Å². The Morgan fingerprint density at radius 1 is 1.13 bits per heavy atom. The van der Waals surface area contributed by atoms with Crippen molar-refractivity contribution in [2.45, 2.75) is 45.1 Å². The van der Waals surface area contributed by atoms with Crippen LogP contribution in [0.3, 0.4) is 0 Å². The number of methoxy groups -OCH3 is 1. The van der Waals surface area contributed by atoms with Crippen LogP contribution in [0, 0.1) is 6.92 Å². The van der Waals surface area contributed by atoms with E-state index in [2.05, 4.69) is 10.3 Å². The molecule has 1 amide bonds. The summed E-state index contributed by atoms with van der Waals surface area (Å²) in [6.07, 6.45) is 6.87. The number of aromatic nitrogens is 1. The van der Waals surface area contributed by atoms with Gasteiger partial charge in [0.25, 0.3) is 5.91 Å². The van der Waals surface area contributed by atoms with Crippen molar-refractivity contribution in [2.24, 2.45) is 0 Å². The van der Waals surface area contributed by atoms with Gasteiger partial charge in [-0.3, -0.25) is 4.79 Å². The van der Waals surface area contributed by atoms with Gasteiger partial charge in [-0.25, -0.2) is 4.79 Å². The van der Waals surface area contributed by atoms with Crippen molar-refractivity contribution < 1.29 is 24.1 Å². The van der Waals surface area contributed by atoms with Crippen LogP contribution in [0.1, 0.15) is 48.2 Å². The summed E-state index contributed by atoms with van der Waals surface area (Å²) in [6.45, 7) is 6.76. The number of nitrogens with one attached hydrogen (secondary N) is 4. The summed E-state index contributed by atoms with van der Waals surface area (Å²) in [5, 5.41) is 3.82. The first kappa shape index (κ1) is 20.9. The quantitative estimate of drug-likeness (QED) is 0.532. The Labute approximate surface area is 177 Å². The lowest BCUT2D eigenvalue weighted by Crippen LogP contribution is -3.30. The van der Waals surface area contributed by atoms with Crippen LogP contribution in [0.25, 0.3) is 10.9 Å². The zero-order chi connectivity index (χ0) is 21.1. The van der Waals surface area contributed by atoms with E-state index in [9.17, 15) is 9.59 Å². The van der Waals surface area contributed by atoms with Gasteiger partial charge >= 0.3 is 5.97 Å². The smallest absolute Gasteiger partial charge is 0.356 e. The molecule has 1 aliphatic heterocycles. The summed E-state index contributed by atoms with van der Waals surface area (Å²) in [5.74, 6) is -0.533. The fraction of sp³-hybridized carbons (Fsp3) is 0.565. The summed E-state index contributed by atoms with van der Waals surface area (Å²) < 4.78 is 4.91. The minimum Gasteiger partial charge on any atom is -0.464 e. The molecule has 30 heavy (non-hydrogen) atoms. The predicted molar refractivity (Wildman–Crippen MR) is 116 cm³/mol. The number of aryl methyl sites for hydroxylation is 1. The minimum absolute atomic E-state index is 0.0576. The van der Waals surface area contributed by atoms with Gasteiger partial charge in [0.05, 0.1) is 18.8 Å². The van der Waals surface area contributed by atoms with Crippen LogP contribution in [0.2, 0.25) is 0 Å². The maximum atomic E-state index is 12.8. The molecule has 0 unspecified atom stereocenters. The highest BCUT2D eigenvalue weighted by atomic mass is 16.5.